The number of nitrogens with two attached hydrogens (primary N) is 1. The van der Waals surface area contributed by atoms with Crippen LogP contribution in [0.15, 0.2) is 70.8 Å². The van der Waals surface area contributed by atoms with Crippen molar-refractivity contribution >= 4 is 29.9 Å². The summed E-state index contributed by atoms with van der Waals surface area (Å²) >= 11 is 0. The fourth-order valence-corrected chi connectivity index (χ4v) is 3.46. The molecule has 1 atom stereocenters. The Morgan fingerprint density at radius 1 is 1.24 bits per heavy atom. The molecule has 1 aliphatic heterocycles. The predicted octanol–water partition coefficient (Wildman–Crippen LogP) is 3.60. The number of hydrogen-bond acceptors (Lipinski definition) is 8. The molecule has 1 aliphatic carbocycles. The van der Waals surface area contributed by atoms with Gasteiger partial charge in [0.1, 0.15) is 5.76 Å². The number of nitrogen functional groups attached to an aromatic ring is 1. The summed E-state index contributed by atoms with van der Waals surface area (Å²) in [6, 6.07) is 6.57. The van der Waals surface area contributed by atoms with E-state index in [1.165, 1.54) is 18.6 Å². The molecule has 9 heteroatoms. The number of pyridine rings is 1. The van der Waals surface area contributed by atoms with Crippen molar-refractivity contribution in [2.75, 3.05) is 12.5 Å². The number of amides is 1. The van der Waals surface area contributed by atoms with Crippen LogP contribution >= 0.6 is 0 Å². The third kappa shape index (κ3) is 5.15. The summed E-state index contributed by atoms with van der Waals surface area (Å²) < 4.78 is 16.4. The van der Waals surface area contributed by atoms with Gasteiger partial charge in [-0.2, -0.15) is 5.10 Å². The first-order chi connectivity index (χ1) is 16.4. The van der Waals surface area contributed by atoms with Crippen LogP contribution < -0.4 is 20.6 Å². The summed E-state index contributed by atoms with van der Waals surface area (Å²) in [5.74, 6) is 0.685. The van der Waals surface area contributed by atoms with E-state index in [1.54, 1.807) is 37.3 Å². The highest BCUT2D eigenvalue weighted by molar-refractivity contribution is 5.96. The lowest BCUT2D eigenvalue weighted by Gasteiger charge is -2.19. The molecule has 174 valence electrons. The van der Waals surface area contributed by atoms with Gasteiger partial charge in [0.25, 0.3) is 5.91 Å². The van der Waals surface area contributed by atoms with Crippen molar-refractivity contribution in [3.05, 3.63) is 76.8 Å². The molecule has 2 heterocycles. The summed E-state index contributed by atoms with van der Waals surface area (Å²) in [6.45, 7) is 3.74. The van der Waals surface area contributed by atoms with Crippen molar-refractivity contribution in [3.63, 3.8) is 0 Å². The summed E-state index contributed by atoms with van der Waals surface area (Å²) in [4.78, 5) is 28.9. The Hall–Kier alpha value is -4.40. The minimum atomic E-state index is -0.513. The minimum absolute atomic E-state index is 0.0492. The number of hydrogen-bond donors (Lipinski definition) is 2. The van der Waals surface area contributed by atoms with Gasteiger partial charge in [-0.15, -0.1) is 0 Å². The van der Waals surface area contributed by atoms with Gasteiger partial charge >= 0.3 is 5.97 Å². The number of esters is 1. The molecule has 0 saturated heterocycles. The molecule has 1 amide bonds. The highest BCUT2D eigenvalue weighted by atomic mass is 16.7. The minimum Gasteiger partial charge on any atom is -0.454 e. The summed E-state index contributed by atoms with van der Waals surface area (Å²) in [5.41, 5.74) is 11.1. The number of anilines is 1. The van der Waals surface area contributed by atoms with E-state index in [1.807, 2.05) is 19.1 Å². The van der Waals surface area contributed by atoms with E-state index >= 15 is 0 Å². The van der Waals surface area contributed by atoms with Crippen LogP contribution in [0.2, 0.25) is 0 Å². The Balaban J connectivity index is 1.48. The summed E-state index contributed by atoms with van der Waals surface area (Å²) in [6.07, 6.45) is 10.5. The zero-order valence-corrected chi connectivity index (χ0v) is 18.8. The molecule has 0 fully saturated rings. The van der Waals surface area contributed by atoms with Gasteiger partial charge in [0.15, 0.2) is 11.5 Å². The van der Waals surface area contributed by atoms with Crippen molar-refractivity contribution in [2.24, 2.45) is 11.0 Å². The first kappa shape index (κ1) is 22.8. The number of rotatable bonds is 6. The molecule has 2 aliphatic rings. The van der Waals surface area contributed by atoms with E-state index in [2.05, 4.69) is 15.5 Å². The first-order valence-corrected chi connectivity index (χ1v) is 10.6. The normalized spacial score (nSPS) is 17.2. The Labute approximate surface area is 196 Å². The number of carbonyl (C=O) groups is 2. The molecule has 0 bridgehead atoms. The number of nitrogens with zero attached hydrogens (tertiary/aromatic N) is 2. The SMILES string of the molecule is CC(=Cc1cc2c(cc1N)OCO2)C(=O)OC1=C(/C=N\NC(=O)c2ccncc2)C(C)C=CC1. The molecule has 3 N–H and O–H groups in total. The largest absolute Gasteiger partial charge is 0.454 e. The van der Waals surface area contributed by atoms with Crippen LogP contribution in [0, 0.1) is 5.92 Å². The van der Waals surface area contributed by atoms with Crippen molar-refractivity contribution < 1.29 is 23.8 Å². The fourth-order valence-electron chi connectivity index (χ4n) is 3.46. The molecule has 2 aromatic rings. The topological polar surface area (TPSA) is 125 Å². The lowest BCUT2D eigenvalue weighted by Crippen LogP contribution is -2.19. The van der Waals surface area contributed by atoms with Gasteiger partial charge in [0.2, 0.25) is 6.79 Å². The zero-order chi connectivity index (χ0) is 24.1. The second-order valence-corrected chi connectivity index (χ2v) is 7.79. The van der Waals surface area contributed by atoms with E-state index < -0.39 is 5.97 Å². The van der Waals surface area contributed by atoms with Crippen LogP contribution in [0.3, 0.4) is 0 Å². The van der Waals surface area contributed by atoms with Crippen molar-refractivity contribution in [1.82, 2.24) is 10.4 Å². The smallest absolute Gasteiger partial charge is 0.338 e. The zero-order valence-electron chi connectivity index (χ0n) is 18.8. The standard InChI is InChI=1S/C25H24N4O5/c1-15-4-3-5-21(19(15)13-28-29-24(30)17-6-8-27-9-7-17)34-25(31)16(2)10-18-11-22-23(12-20(18)26)33-14-32-22/h3-4,6-13,15H,5,14,26H2,1-2H3,(H,29,30)/b16-10?,28-13-. The molecule has 4 rings (SSSR count). The molecule has 9 nitrogen and oxygen atoms in total. The summed E-state index contributed by atoms with van der Waals surface area (Å²) in [5, 5.41) is 4.05. The lowest BCUT2D eigenvalue weighted by molar-refractivity contribution is -0.135. The van der Waals surface area contributed by atoms with E-state index in [0.29, 0.717) is 51.6 Å². The molecule has 0 radical (unpaired) electrons. The first-order valence-electron chi connectivity index (χ1n) is 10.6. The molecule has 1 unspecified atom stereocenters. The highest BCUT2D eigenvalue weighted by Crippen LogP contribution is 2.36. The third-order valence-electron chi connectivity index (χ3n) is 5.34. The molecular formula is C25H24N4O5. The molecule has 0 saturated carbocycles. The molecule has 1 aromatic carbocycles. The number of nitrogens with one attached hydrogen (secondary N) is 1. The van der Waals surface area contributed by atoms with E-state index in [0.717, 1.165) is 0 Å². The number of aromatic nitrogens is 1. The van der Waals surface area contributed by atoms with Crippen LogP contribution in [-0.2, 0) is 9.53 Å². The van der Waals surface area contributed by atoms with Gasteiger partial charge in [-0.1, -0.05) is 19.1 Å². The Bertz CT molecular complexity index is 1230. The fraction of sp³-hybridized carbons (Fsp3) is 0.200. The van der Waals surface area contributed by atoms with Crippen molar-refractivity contribution in [1.29, 1.82) is 0 Å². The number of ether oxygens (including phenoxy) is 3. The molecule has 0 spiro atoms. The van der Waals surface area contributed by atoms with Crippen LogP contribution in [0.4, 0.5) is 5.69 Å². The quantitative estimate of drug-likeness (QED) is 0.168. The number of allylic oxidation sites excluding steroid dienone is 3. The average molecular weight is 460 g/mol. The maximum Gasteiger partial charge on any atom is 0.338 e. The van der Waals surface area contributed by atoms with Gasteiger partial charge < -0.3 is 19.9 Å². The van der Waals surface area contributed by atoms with E-state index in [9.17, 15) is 9.59 Å². The number of fused-ring (bicyclic) bond motifs is 1. The van der Waals surface area contributed by atoms with Gasteiger partial charge in [0, 0.05) is 58.8 Å². The molecule has 1 aromatic heterocycles. The van der Waals surface area contributed by atoms with Crippen LogP contribution in [0.5, 0.6) is 11.5 Å². The van der Waals surface area contributed by atoms with Crippen LogP contribution in [0.1, 0.15) is 36.2 Å². The van der Waals surface area contributed by atoms with Gasteiger partial charge in [-0.05, 0) is 31.2 Å². The Morgan fingerprint density at radius 3 is 2.74 bits per heavy atom. The monoisotopic (exact) mass is 460 g/mol. The summed E-state index contributed by atoms with van der Waals surface area (Å²) in [7, 11) is 0. The van der Waals surface area contributed by atoms with Gasteiger partial charge in [-0.25, -0.2) is 10.2 Å². The van der Waals surface area contributed by atoms with Crippen LogP contribution in [0.25, 0.3) is 6.08 Å². The van der Waals surface area contributed by atoms with E-state index in [4.69, 9.17) is 19.9 Å². The predicted molar refractivity (Wildman–Crippen MR) is 127 cm³/mol. The number of carbonyl (C=O) groups excluding carboxylic acids is 2. The van der Waals surface area contributed by atoms with E-state index in [-0.39, 0.29) is 18.6 Å². The van der Waals surface area contributed by atoms with Gasteiger partial charge in [0.05, 0.1) is 6.21 Å². The van der Waals surface area contributed by atoms with Crippen molar-refractivity contribution in [3.8, 4) is 11.5 Å². The third-order valence-corrected chi connectivity index (χ3v) is 5.34. The molecule has 34 heavy (non-hydrogen) atoms. The Morgan fingerprint density at radius 2 is 1.97 bits per heavy atom. The van der Waals surface area contributed by atoms with Crippen LogP contribution in [-0.4, -0.2) is 29.9 Å². The average Bonchev–Trinajstić information content (AvgIpc) is 3.28. The van der Waals surface area contributed by atoms with Crippen molar-refractivity contribution in [2.45, 2.75) is 20.3 Å². The second-order valence-electron chi connectivity index (χ2n) is 7.79. The molecular weight excluding hydrogens is 436 g/mol. The second kappa shape index (κ2) is 10.0. The Kier molecular flexibility index (Phi) is 6.72. The highest BCUT2D eigenvalue weighted by Gasteiger charge is 2.20. The maximum absolute atomic E-state index is 12.8. The number of benzene rings is 1. The van der Waals surface area contributed by atoms with Gasteiger partial charge in [-0.3, -0.25) is 9.78 Å². The maximum atomic E-state index is 12.8. The number of hydrazone groups is 1. The lowest BCUT2D eigenvalue weighted by atomic mass is 9.94.